The van der Waals surface area contributed by atoms with Gasteiger partial charge in [0.05, 0.1) is 11.4 Å². The van der Waals surface area contributed by atoms with Crippen molar-refractivity contribution in [2.24, 2.45) is 10.2 Å². The van der Waals surface area contributed by atoms with Gasteiger partial charge in [-0.15, -0.1) is 21.6 Å². The van der Waals surface area contributed by atoms with Gasteiger partial charge >= 0.3 is 5.97 Å². The number of hydrogen-bond acceptors (Lipinski definition) is 6. The number of fused-ring (bicyclic) bond motifs is 1. The van der Waals surface area contributed by atoms with Gasteiger partial charge < -0.3 is 10.2 Å². The minimum absolute atomic E-state index is 0.124. The number of aromatic amines is 1. The largest absolute Gasteiger partial charge is 0.505 e. The first-order valence-corrected chi connectivity index (χ1v) is 11.8. The van der Waals surface area contributed by atoms with E-state index in [0.717, 1.165) is 36.3 Å². The minimum Gasteiger partial charge on any atom is -0.505 e. The number of phenolic OH excluding ortho intramolecular Hbond substituents is 1. The Morgan fingerprint density at radius 2 is 1.85 bits per heavy atom. The topological polar surface area (TPSA) is 120 Å². The van der Waals surface area contributed by atoms with Crippen molar-refractivity contribution in [3.8, 4) is 22.6 Å². The van der Waals surface area contributed by atoms with Crippen molar-refractivity contribution in [3.63, 3.8) is 0 Å². The molecular weight excluding hydrogens is 452 g/mol. The third-order valence-corrected chi connectivity index (χ3v) is 6.96. The van der Waals surface area contributed by atoms with E-state index in [1.807, 2.05) is 12.1 Å². The normalized spacial score (nSPS) is 13.3. The van der Waals surface area contributed by atoms with Gasteiger partial charge in [-0.3, -0.25) is 9.89 Å². The first-order valence-electron chi connectivity index (χ1n) is 10.9. The molecule has 1 aliphatic rings. The number of thiophene rings is 1. The van der Waals surface area contributed by atoms with E-state index in [9.17, 15) is 19.8 Å². The lowest BCUT2D eigenvalue weighted by molar-refractivity contribution is 0.0703. The number of rotatable bonds is 5. The second kappa shape index (κ2) is 8.75. The number of nitrogens with zero attached hydrogens (tertiary/aromatic N) is 3. The van der Waals surface area contributed by atoms with Gasteiger partial charge in [0, 0.05) is 11.1 Å². The van der Waals surface area contributed by atoms with Crippen LogP contribution in [-0.2, 0) is 12.8 Å². The summed E-state index contributed by atoms with van der Waals surface area (Å²) in [4.78, 5) is 24.7. The predicted octanol–water partition coefficient (Wildman–Crippen LogP) is 5.90. The molecule has 0 amide bonds. The maximum absolute atomic E-state index is 13.1. The molecule has 0 fully saturated rings. The van der Waals surface area contributed by atoms with Crippen LogP contribution in [-0.4, -0.2) is 26.0 Å². The second-order valence-corrected chi connectivity index (χ2v) is 9.14. The number of aromatic hydroxyl groups is 1. The number of nitrogens with one attached hydrogen (secondary N) is 1. The molecule has 0 aliphatic heterocycles. The van der Waals surface area contributed by atoms with Crippen LogP contribution in [0.15, 0.2) is 62.9 Å². The zero-order chi connectivity index (χ0) is 23.8. The average molecular weight is 475 g/mol. The van der Waals surface area contributed by atoms with Crippen LogP contribution in [0.25, 0.3) is 16.8 Å². The van der Waals surface area contributed by atoms with Crippen LogP contribution < -0.4 is 5.56 Å². The van der Waals surface area contributed by atoms with Crippen LogP contribution in [0.2, 0.25) is 0 Å². The van der Waals surface area contributed by atoms with Crippen molar-refractivity contribution in [2.45, 2.75) is 32.6 Å². The molecule has 172 valence electrons. The summed E-state index contributed by atoms with van der Waals surface area (Å²) in [5.74, 6) is -1.27. The number of aromatic nitrogens is 2. The molecule has 2 heterocycles. The van der Waals surface area contributed by atoms with Crippen molar-refractivity contribution in [2.75, 3.05) is 0 Å². The Kier molecular flexibility index (Phi) is 5.62. The molecule has 2 aromatic carbocycles. The molecule has 3 N–H and O–H groups in total. The van der Waals surface area contributed by atoms with Crippen LogP contribution in [0, 0.1) is 6.92 Å². The Bertz CT molecular complexity index is 1500. The molecule has 0 bridgehead atoms. The predicted molar refractivity (Wildman–Crippen MR) is 130 cm³/mol. The zero-order valence-corrected chi connectivity index (χ0v) is 19.2. The number of phenols is 1. The summed E-state index contributed by atoms with van der Waals surface area (Å²) >= 11 is 1.08. The van der Waals surface area contributed by atoms with Crippen LogP contribution in [0.5, 0.6) is 5.75 Å². The monoisotopic (exact) mass is 474 g/mol. The quantitative estimate of drug-likeness (QED) is 0.312. The Morgan fingerprint density at radius 1 is 1.06 bits per heavy atom. The number of carboxylic acids is 1. The molecule has 4 aromatic rings. The zero-order valence-electron chi connectivity index (χ0n) is 18.4. The van der Waals surface area contributed by atoms with Crippen LogP contribution >= 0.6 is 11.3 Å². The molecule has 34 heavy (non-hydrogen) atoms. The maximum atomic E-state index is 13.1. The van der Waals surface area contributed by atoms with Crippen LogP contribution in [0.1, 0.15) is 39.3 Å². The molecule has 0 saturated carbocycles. The van der Waals surface area contributed by atoms with Gasteiger partial charge in [-0.2, -0.15) is 0 Å². The molecule has 2 aromatic heterocycles. The van der Waals surface area contributed by atoms with E-state index in [1.165, 1.54) is 22.2 Å². The molecule has 8 nitrogen and oxygen atoms in total. The summed E-state index contributed by atoms with van der Waals surface area (Å²) in [7, 11) is 0. The highest BCUT2D eigenvalue weighted by Crippen LogP contribution is 2.40. The van der Waals surface area contributed by atoms with Crippen molar-refractivity contribution >= 4 is 28.7 Å². The summed E-state index contributed by atoms with van der Waals surface area (Å²) < 4.78 is 1.46. The summed E-state index contributed by atoms with van der Waals surface area (Å²) in [5, 5.41) is 33.1. The van der Waals surface area contributed by atoms with E-state index in [2.05, 4.69) is 21.4 Å². The van der Waals surface area contributed by atoms with Crippen molar-refractivity contribution in [3.05, 3.63) is 79.9 Å². The maximum Gasteiger partial charge on any atom is 0.346 e. The average Bonchev–Trinajstić information content (AvgIpc) is 3.43. The lowest BCUT2D eigenvalue weighted by atomic mass is 9.91. The van der Waals surface area contributed by atoms with Crippen molar-refractivity contribution < 1.29 is 15.0 Å². The molecule has 0 unspecified atom stereocenters. The summed E-state index contributed by atoms with van der Waals surface area (Å²) in [6, 6.07) is 12.5. The van der Waals surface area contributed by atoms with E-state index in [-0.39, 0.29) is 27.6 Å². The molecule has 9 heteroatoms. The number of aromatic carboxylic acids is 1. The Balaban J connectivity index is 1.49. The Labute approximate surface area is 198 Å². The van der Waals surface area contributed by atoms with Crippen LogP contribution in [0.3, 0.4) is 0 Å². The number of hydrogen-bond donors (Lipinski definition) is 3. The molecule has 1 aliphatic carbocycles. The van der Waals surface area contributed by atoms with E-state index in [0.29, 0.717) is 16.8 Å². The van der Waals surface area contributed by atoms with Gasteiger partial charge in [0.1, 0.15) is 10.6 Å². The number of carboxylic acid groups (broad SMARTS) is 1. The number of carbonyl (C=O) groups is 1. The number of benzene rings is 2. The minimum atomic E-state index is -1.07. The molecule has 5 rings (SSSR count). The lowest BCUT2D eigenvalue weighted by Gasteiger charge is -2.16. The number of H-pyrrole nitrogens is 1. The fraction of sp³-hybridized carbons (Fsp3) is 0.200. The highest BCUT2D eigenvalue weighted by Gasteiger charge is 2.19. The number of aryl methyl sites for hydroxylation is 3. The van der Waals surface area contributed by atoms with Crippen molar-refractivity contribution in [1.82, 2.24) is 9.78 Å². The summed E-state index contributed by atoms with van der Waals surface area (Å²) in [6.07, 6.45) is 4.41. The SMILES string of the molecule is Cc1[nH]n(-c2ccc3c(c2)CCCC3)c(=O)c1N=Nc1cccc(-c2ccsc2C(=O)O)c1O. The Hall–Kier alpha value is -3.98. The highest BCUT2D eigenvalue weighted by molar-refractivity contribution is 7.12. The van der Waals surface area contributed by atoms with Gasteiger partial charge in [0.15, 0.2) is 11.4 Å². The van der Waals surface area contributed by atoms with E-state index < -0.39 is 5.97 Å². The molecule has 0 radical (unpaired) electrons. The molecule has 0 atom stereocenters. The van der Waals surface area contributed by atoms with Gasteiger partial charge in [0.25, 0.3) is 5.56 Å². The fourth-order valence-electron chi connectivity index (χ4n) is 4.32. The number of azo groups is 1. The second-order valence-electron chi connectivity index (χ2n) is 8.23. The fourth-order valence-corrected chi connectivity index (χ4v) is 5.06. The molecule has 0 spiro atoms. The summed E-state index contributed by atoms with van der Waals surface area (Å²) in [5.41, 5.74) is 4.59. The molecular formula is C25H22N4O4S. The van der Waals surface area contributed by atoms with Gasteiger partial charge in [-0.25, -0.2) is 9.48 Å². The van der Waals surface area contributed by atoms with Gasteiger partial charge in [-0.1, -0.05) is 18.2 Å². The number of para-hydroxylation sites is 1. The standard InChI is InChI=1S/C25H22N4O4S/c1-14-21(24(31)29(28-14)17-10-9-15-5-2-3-6-16(15)13-17)27-26-20-8-4-7-18(22(20)30)19-11-12-34-23(19)25(32)33/h4,7-13,28,30H,2-3,5-6H2,1H3,(H,32,33). The third-order valence-electron chi connectivity index (χ3n) is 6.05. The summed E-state index contributed by atoms with van der Waals surface area (Å²) in [6.45, 7) is 1.74. The van der Waals surface area contributed by atoms with E-state index in [1.54, 1.807) is 36.6 Å². The first kappa shape index (κ1) is 21.8. The van der Waals surface area contributed by atoms with Crippen LogP contribution in [0.4, 0.5) is 11.4 Å². The van der Waals surface area contributed by atoms with E-state index >= 15 is 0 Å². The van der Waals surface area contributed by atoms with Crippen molar-refractivity contribution in [1.29, 1.82) is 0 Å². The first-order chi connectivity index (χ1) is 16.4. The smallest absolute Gasteiger partial charge is 0.346 e. The lowest BCUT2D eigenvalue weighted by Crippen LogP contribution is -2.15. The third kappa shape index (κ3) is 3.84. The Morgan fingerprint density at radius 3 is 2.65 bits per heavy atom. The highest BCUT2D eigenvalue weighted by atomic mass is 32.1. The molecule has 0 saturated heterocycles. The van der Waals surface area contributed by atoms with Gasteiger partial charge in [0.2, 0.25) is 0 Å². The van der Waals surface area contributed by atoms with E-state index in [4.69, 9.17) is 0 Å². The van der Waals surface area contributed by atoms with Gasteiger partial charge in [-0.05, 0) is 73.4 Å².